The van der Waals surface area contributed by atoms with Gasteiger partial charge in [-0.15, -0.1) is 0 Å². The van der Waals surface area contributed by atoms with Crippen LogP contribution < -0.4 is 10.0 Å². The van der Waals surface area contributed by atoms with Crippen molar-refractivity contribution in [2.75, 3.05) is 17.1 Å². The van der Waals surface area contributed by atoms with E-state index in [1.54, 1.807) is 6.07 Å². The van der Waals surface area contributed by atoms with Crippen LogP contribution in [0.2, 0.25) is 0 Å². The van der Waals surface area contributed by atoms with Crippen LogP contribution in [-0.2, 0) is 27.7 Å². The van der Waals surface area contributed by atoms with Crippen LogP contribution in [0.3, 0.4) is 0 Å². The normalized spacial score (nSPS) is 14.8. The highest BCUT2D eigenvalue weighted by Crippen LogP contribution is 2.30. The molecule has 0 saturated heterocycles. The summed E-state index contributed by atoms with van der Waals surface area (Å²) in [5.74, 6) is -0.422. The van der Waals surface area contributed by atoms with Crippen LogP contribution in [0.4, 0.5) is 5.69 Å². The largest absolute Gasteiger partial charge is 0.369 e. The summed E-state index contributed by atoms with van der Waals surface area (Å²) in [6, 6.07) is 5.41. The van der Waals surface area contributed by atoms with Gasteiger partial charge in [0.15, 0.2) is 0 Å². The first-order valence-corrected chi connectivity index (χ1v) is 7.10. The summed E-state index contributed by atoms with van der Waals surface area (Å²) >= 11 is 0. The minimum Gasteiger partial charge on any atom is -0.369 e. The van der Waals surface area contributed by atoms with Crippen molar-refractivity contribution in [3.05, 3.63) is 29.3 Å². The molecule has 0 spiro atoms. The second-order valence-corrected chi connectivity index (χ2v) is 6.10. The summed E-state index contributed by atoms with van der Waals surface area (Å²) in [7, 11) is -3.24. The number of carbonyl (C=O) groups is 1. The lowest BCUT2D eigenvalue weighted by Crippen LogP contribution is -2.27. The Morgan fingerprint density at radius 2 is 2.18 bits per heavy atom. The Kier molecular flexibility index (Phi) is 2.82. The Labute approximate surface area is 100 Å². The number of nitrogens with zero attached hydrogens (tertiary/aromatic N) is 1. The van der Waals surface area contributed by atoms with Crippen molar-refractivity contribution in [1.82, 2.24) is 0 Å². The number of hydrogen-bond acceptors (Lipinski definition) is 3. The van der Waals surface area contributed by atoms with Crippen molar-refractivity contribution in [3.8, 4) is 0 Å². The number of fused-ring (bicyclic) bond motifs is 1. The highest BCUT2D eigenvalue weighted by Gasteiger charge is 2.26. The van der Waals surface area contributed by atoms with Crippen molar-refractivity contribution >= 4 is 21.6 Å². The predicted molar refractivity (Wildman–Crippen MR) is 65.2 cm³/mol. The summed E-state index contributed by atoms with van der Waals surface area (Å²) < 4.78 is 24.5. The van der Waals surface area contributed by atoms with E-state index in [1.165, 1.54) is 10.6 Å². The van der Waals surface area contributed by atoms with Gasteiger partial charge in [0.25, 0.3) is 0 Å². The Balaban J connectivity index is 2.40. The van der Waals surface area contributed by atoms with E-state index in [4.69, 9.17) is 5.73 Å². The minimum atomic E-state index is -3.24. The van der Waals surface area contributed by atoms with Crippen LogP contribution >= 0.6 is 0 Å². The summed E-state index contributed by atoms with van der Waals surface area (Å²) in [4.78, 5) is 10.8. The van der Waals surface area contributed by atoms with Gasteiger partial charge in [-0.1, -0.05) is 12.1 Å². The van der Waals surface area contributed by atoms with E-state index in [0.29, 0.717) is 18.7 Å². The van der Waals surface area contributed by atoms with Gasteiger partial charge >= 0.3 is 0 Å². The molecule has 0 aromatic heterocycles. The number of nitrogens with two attached hydrogens (primary N) is 1. The molecule has 92 valence electrons. The topological polar surface area (TPSA) is 80.5 Å². The Morgan fingerprint density at radius 1 is 1.47 bits per heavy atom. The fourth-order valence-corrected chi connectivity index (χ4v) is 3.00. The molecule has 17 heavy (non-hydrogen) atoms. The van der Waals surface area contributed by atoms with Gasteiger partial charge in [-0.05, 0) is 23.6 Å². The van der Waals surface area contributed by atoms with Crippen molar-refractivity contribution in [3.63, 3.8) is 0 Å². The summed E-state index contributed by atoms with van der Waals surface area (Å²) in [6.45, 7) is 0.466. The molecule has 1 aliphatic rings. The maximum Gasteiger partial charge on any atom is 0.232 e. The lowest BCUT2D eigenvalue weighted by atomic mass is 10.1. The van der Waals surface area contributed by atoms with Gasteiger partial charge in [0.1, 0.15) is 0 Å². The number of anilines is 1. The van der Waals surface area contributed by atoms with E-state index < -0.39 is 15.9 Å². The minimum absolute atomic E-state index is 0.130. The highest BCUT2D eigenvalue weighted by molar-refractivity contribution is 7.92. The molecule has 2 N–H and O–H groups in total. The van der Waals surface area contributed by atoms with Crippen LogP contribution in [0.1, 0.15) is 11.1 Å². The monoisotopic (exact) mass is 254 g/mol. The summed E-state index contributed by atoms with van der Waals surface area (Å²) in [5, 5.41) is 0. The molecule has 0 atom stereocenters. The van der Waals surface area contributed by atoms with Gasteiger partial charge in [0, 0.05) is 6.54 Å². The molecule has 1 amide bonds. The van der Waals surface area contributed by atoms with E-state index in [0.717, 1.165) is 11.1 Å². The number of hydrogen-bond donors (Lipinski definition) is 1. The van der Waals surface area contributed by atoms with Gasteiger partial charge in [0.05, 0.1) is 18.4 Å². The van der Waals surface area contributed by atoms with Crippen LogP contribution in [0.5, 0.6) is 0 Å². The lowest BCUT2D eigenvalue weighted by molar-refractivity contribution is -0.117. The molecule has 1 heterocycles. The first kappa shape index (κ1) is 11.9. The quantitative estimate of drug-likeness (QED) is 0.826. The number of carbonyl (C=O) groups excluding carboxylic acids is 1. The molecule has 0 saturated carbocycles. The van der Waals surface area contributed by atoms with E-state index >= 15 is 0 Å². The molecular weight excluding hydrogens is 240 g/mol. The number of amides is 1. The molecule has 2 rings (SSSR count). The average molecular weight is 254 g/mol. The zero-order valence-corrected chi connectivity index (χ0v) is 10.3. The molecule has 5 nitrogen and oxygen atoms in total. The molecule has 0 radical (unpaired) electrons. The predicted octanol–water partition coefficient (Wildman–Crippen LogP) is 0.0365. The zero-order valence-electron chi connectivity index (χ0n) is 9.51. The lowest BCUT2D eigenvalue weighted by Gasteiger charge is -2.16. The van der Waals surface area contributed by atoms with Gasteiger partial charge in [-0.2, -0.15) is 0 Å². The molecule has 1 aromatic rings. The Hall–Kier alpha value is -1.56. The van der Waals surface area contributed by atoms with Crippen molar-refractivity contribution in [1.29, 1.82) is 0 Å². The molecule has 1 aromatic carbocycles. The molecule has 0 aliphatic carbocycles. The SMILES string of the molecule is CS(=O)(=O)N1CCc2ccc(CC(N)=O)cc21. The van der Waals surface area contributed by atoms with Crippen LogP contribution in [0.15, 0.2) is 18.2 Å². The molecule has 6 heteroatoms. The Morgan fingerprint density at radius 3 is 2.76 bits per heavy atom. The van der Waals surface area contributed by atoms with Gasteiger partial charge < -0.3 is 5.73 Å². The standard InChI is InChI=1S/C11H14N2O3S/c1-17(15,16)13-5-4-9-3-2-8(6-10(9)13)7-11(12)14/h2-3,6H,4-5,7H2,1H3,(H2,12,14). The van der Waals surface area contributed by atoms with Gasteiger partial charge in [0.2, 0.25) is 15.9 Å². The molecular formula is C11H14N2O3S. The van der Waals surface area contributed by atoms with Crippen molar-refractivity contribution in [2.45, 2.75) is 12.8 Å². The van der Waals surface area contributed by atoms with E-state index in [1.807, 2.05) is 12.1 Å². The number of benzene rings is 1. The number of primary amides is 1. The smallest absolute Gasteiger partial charge is 0.232 e. The number of rotatable bonds is 3. The highest BCUT2D eigenvalue weighted by atomic mass is 32.2. The fraction of sp³-hybridized carbons (Fsp3) is 0.364. The molecule has 1 aliphatic heterocycles. The van der Waals surface area contributed by atoms with Crippen LogP contribution in [0.25, 0.3) is 0 Å². The average Bonchev–Trinajstić information content (AvgIpc) is 2.58. The van der Waals surface area contributed by atoms with E-state index in [2.05, 4.69) is 0 Å². The molecule has 0 fully saturated rings. The summed E-state index contributed by atoms with van der Waals surface area (Å²) in [5.41, 5.74) is 7.52. The van der Waals surface area contributed by atoms with E-state index in [9.17, 15) is 13.2 Å². The van der Waals surface area contributed by atoms with Gasteiger partial charge in [-0.3, -0.25) is 9.10 Å². The second kappa shape index (κ2) is 4.03. The number of sulfonamides is 1. The second-order valence-electron chi connectivity index (χ2n) is 4.19. The maximum atomic E-state index is 11.6. The third kappa shape index (κ3) is 2.41. The van der Waals surface area contributed by atoms with Crippen molar-refractivity contribution < 1.29 is 13.2 Å². The fourth-order valence-electron chi connectivity index (χ4n) is 2.05. The van der Waals surface area contributed by atoms with E-state index in [-0.39, 0.29) is 6.42 Å². The third-order valence-electron chi connectivity index (χ3n) is 2.78. The van der Waals surface area contributed by atoms with Crippen LogP contribution in [-0.4, -0.2) is 27.1 Å². The maximum absolute atomic E-state index is 11.6. The first-order chi connectivity index (χ1) is 7.88. The summed E-state index contributed by atoms with van der Waals surface area (Å²) in [6.07, 6.45) is 2.02. The molecule has 0 unspecified atom stereocenters. The zero-order chi connectivity index (χ0) is 12.6. The Bertz CT molecular complexity index is 566. The van der Waals surface area contributed by atoms with Gasteiger partial charge in [-0.25, -0.2) is 8.42 Å². The van der Waals surface area contributed by atoms with Crippen molar-refractivity contribution in [2.24, 2.45) is 5.73 Å². The molecule has 0 bridgehead atoms. The van der Waals surface area contributed by atoms with Crippen LogP contribution in [0, 0.1) is 0 Å². The third-order valence-corrected chi connectivity index (χ3v) is 3.96. The first-order valence-electron chi connectivity index (χ1n) is 5.26.